The molecule has 0 aliphatic carbocycles. The summed E-state index contributed by atoms with van der Waals surface area (Å²) in [6.45, 7) is 0.788. The van der Waals surface area contributed by atoms with E-state index in [1.54, 1.807) is 6.20 Å². The maximum Gasteiger partial charge on any atom is 0.0498 e. The molecule has 0 bridgehead atoms. The van der Waals surface area contributed by atoms with Crippen LogP contribution in [0.5, 0.6) is 0 Å². The summed E-state index contributed by atoms with van der Waals surface area (Å²) in [6.07, 6.45) is 5.73. The Hall–Kier alpha value is -1.32. The van der Waals surface area contributed by atoms with Crippen LogP contribution in [0.25, 0.3) is 10.9 Å². The molecule has 0 amide bonds. The Morgan fingerprint density at radius 3 is 2.89 bits per heavy atom. The molecule has 2 heterocycles. The highest BCUT2D eigenvalue weighted by Gasteiger charge is 2.03. The molecule has 1 aromatic carbocycles. The molecule has 0 N–H and O–H groups in total. The van der Waals surface area contributed by atoms with Crippen LogP contribution >= 0.6 is 27.5 Å². The Morgan fingerprint density at radius 2 is 2.06 bits per heavy atom. The first-order valence-electron chi connectivity index (χ1n) is 5.56. The minimum Gasteiger partial charge on any atom is -0.343 e. The fraction of sp³-hybridized carbons (Fsp3) is 0.0714. The van der Waals surface area contributed by atoms with E-state index < -0.39 is 0 Å². The minimum absolute atomic E-state index is 0.759. The van der Waals surface area contributed by atoms with Gasteiger partial charge >= 0.3 is 0 Å². The molecule has 18 heavy (non-hydrogen) atoms. The van der Waals surface area contributed by atoms with Crippen molar-refractivity contribution in [3.63, 3.8) is 0 Å². The van der Waals surface area contributed by atoms with Crippen molar-refractivity contribution in [3.05, 3.63) is 64.0 Å². The molecule has 0 radical (unpaired) electrons. The van der Waals surface area contributed by atoms with Crippen LogP contribution < -0.4 is 0 Å². The molecule has 0 saturated carbocycles. The van der Waals surface area contributed by atoms with Gasteiger partial charge in [0.1, 0.15) is 0 Å². The van der Waals surface area contributed by atoms with Crippen LogP contribution in [0, 0.1) is 0 Å². The lowest BCUT2D eigenvalue weighted by atomic mass is 10.2. The van der Waals surface area contributed by atoms with Crippen molar-refractivity contribution in [2.45, 2.75) is 6.54 Å². The van der Waals surface area contributed by atoms with E-state index in [4.69, 9.17) is 11.6 Å². The number of pyridine rings is 1. The number of hydrogen-bond acceptors (Lipinski definition) is 1. The highest BCUT2D eigenvalue weighted by Crippen LogP contribution is 2.21. The molecule has 0 atom stereocenters. The van der Waals surface area contributed by atoms with Gasteiger partial charge in [-0.15, -0.1) is 0 Å². The molecule has 90 valence electrons. The zero-order valence-electron chi connectivity index (χ0n) is 9.48. The molecule has 3 aromatic rings. The van der Waals surface area contributed by atoms with Gasteiger partial charge in [0.25, 0.3) is 0 Å². The average molecular weight is 322 g/mol. The van der Waals surface area contributed by atoms with Gasteiger partial charge < -0.3 is 4.57 Å². The van der Waals surface area contributed by atoms with Crippen molar-refractivity contribution in [1.82, 2.24) is 9.55 Å². The number of benzene rings is 1. The third-order valence-electron chi connectivity index (χ3n) is 2.85. The average Bonchev–Trinajstić information content (AvgIpc) is 2.72. The Bertz CT molecular complexity index is 706. The Morgan fingerprint density at radius 1 is 1.17 bits per heavy atom. The van der Waals surface area contributed by atoms with E-state index in [1.165, 1.54) is 5.39 Å². The number of halogens is 2. The van der Waals surface area contributed by atoms with Gasteiger partial charge in [-0.3, -0.25) is 4.98 Å². The third-order valence-corrected chi connectivity index (χ3v) is 3.52. The van der Waals surface area contributed by atoms with Crippen LogP contribution in [-0.4, -0.2) is 9.55 Å². The van der Waals surface area contributed by atoms with Crippen LogP contribution in [0.4, 0.5) is 0 Å². The Balaban J connectivity index is 2.02. The van der Waals surface area contributed by atoms with Gasteiger partial charge in [-0.25, -0.2) is 0 Å². The first-order valence-corrected chi connectivity index (χ1v) is 6.73. The molecule has 2 aromatic heterocycles. The van der Waals surface area contributed by atoms with Gasteiger partial charge in [0.15, 0.2) is 0 Å². The molecule has 3 rings (SSSR count). The summed E-state index contributed by atoms with van der Waals surface area (Å²) in [6, 6.07) is 10.1. The fourth-order valence-electron chi connectivity index (χ4n) is 2.03. The maximum atomic E-state index is 6.04. The topological polar surface area (TPSA) is 17.8 Å². The Kier molecular flexibility index (Phi) is 3.10. The predicted octanol–water partition coefficient (Wildman–Crippen LogP) is 4.50. The van der Waals surface area contributed by atoms with E-state index in [1.807, 2.05) is 24.4 Å². The minimum atomic E-state index is 0.759. The van der Waals surface area contributed by atoms with Crippen LogP contribution in [0.3, 0.4) is 0 Å². The zero-order valence-corrected chi connectivity index (χ0v) is 11.8. The number of rotatable bonds is 2. The molecule has 0 aliphatic rings. The third kappa shape index (κ3) is 2.28. The first-order chi connectivity index (χ1) is 8.72. The van der Waals surface area contributed by atoms with Gasteiger partial charge in [0, 0.05) is 40.1 Å². The summed E-state index contributed by atoms with van der Waals surface area (Å²) < 4.78 is 3.17. The lowest BCUT2D eigenvalue weighted by molar-refractivity contribution is 0.831. The number of hydrogen-bond donors (Lipinski definition) is 0. The molecule has 0 unspecified atom stereocenters. The second-order valence-electron chi connectivity index (χ2n) is 4.16. The molecule has 0 aliphatic heterocycles. The van der Waals surface area contributed by atoms with Gasteiger partial charge in [0.05, 0.1) is 0 Å². The number of fused-ring (bicyclic) bond motifs is 1. The van der Waals surface area contributed by atoms with Gasteiger partial charge in [-0.1, -0.05) is 17.7 Å². The van der Waals surface area contributed by atoms with Crippen molar-refractivity contribution < 1.29 is 0 Å². The smallest absolute Gasteiger partial charge is 0.0498 e. The molecule has 4 heteroatoms. The molecule has 0 saturated heterocycles. The number of nitrogens with zero attached hydrogens (tertiary/aromatic N) is 2. The van der Waals surface area contributed by atoms with E-state index in [0.29, 0.717) is 0 Å². The molecular weight excluding hydrogens is 312 g/mol. The Labute approximate surface area is 118 Å². The SMILES string of the molecule is Clc1ccc2ccn(Cc3cncc(Br)c3)c2c1. The van der Waals surface area contributed by atoms with Gasteiger partial charge in [0.2, 0.25) is 0 Å². The lowest BCUT2D eigenvalue weighted by Crippen LogP contribution is -1.98. The highest BCUT2D eigenvalue weighted by molar-refractivity contribution is 9.10. The second kappa shape index (κ2) is 4.75. The van der Waals surface area contributed by atoms with Crippen molar-refractivity contribution in [2.24, 2.45) is 0 Å². The molecule has 2 nitrogen and oxygen atoms in total. The van der Waals surface area contributed by atoms with Crippen molar-refractivity contribution >= 4 is 38.4 Å². The second-order valence-corrected chi connectivity index (χ2v) is 5.51. The quantitative estimate of drug-likeness (QED) is 0.679. The zero-order chi connectivity index (χ0) is 12.5. The summed E-state index contributed by atoms with van der Waals surface area (Å²) in [4.78, 5) is 4.18. The van der Waals surface area contributed by atoms with E-state index in [-0.39, 0.29) is 0 Å². The highest BCUT2D eigenvalue weighted by atomic mass is 79.9. The van der Waals surface area contributed by atoms with Gasteiger partial charge in [-0.2, -0.15) is 0 Å². The summed E-state index contributed by atoms with van der Waals surface area (Å²) in [5, 5.41) is 1.96. The number of aromatic nitrogens is 2. The molecule has 0 fully saturated rings. The van der Waals surface area contributed by atoms with Crippen molar-refractivity contribution in [1.29, 1.82) is 0 Å². The van der Waals surface area contributed by atoms with E-state index in [0.717, 1.165) is 27.1 Å². The van der Waals surface area contributed by atoms with Gasteiger partial charge in [-0.05, 0) is 51.1 Å². The normalized spacial score (nSPS) is 11.0. The van der Waals surface area contributed by atoms with E-state index in [2.05, 4.69) is 43.8 Å². The summed E-state index contributed by atoms with van der Waals surface area (Å²) in [7, 11) is 0. The summed E-state index contributed by atoms with van der Waals surface area (Å²) >= 11 is 9.48. The standard InChI is InChI=1S/C14H10BrClN2/c15-12-5-10(7-17-8-12)9-18-4-3-11-1-2-13(16)6-14(11)18/h1-8H,9H2. The van der Waals surface area contributed by atoms with Crippen LogP contribution in [0.15, 0.2) is 53.4 Å². The van der Waals surface area contributed by atoms with E-state index >= 15 is 0 Å². The predicted molar refractivity (Wildman–Crippen MR) is 78.0 cm³/mol. The summed E-state index contributed by atoms with van der Waals surface area (Å²) in [5.41, 5.74) is 2.30. The van der Waals surface area contributed by atoms with Crippen molar-refractivity contribution in [3.8, 4) is 0 Å². The van der Waals surface area contributed by atoms with Crippen LogP contribution in [0.2, 0.25) is 5.02 Å². The maximum absolute atomic E-state index is 6.04. The largest absolute Gasteiger partial charge is 0.343 e. The molecular formula is C14H10BrClN2. The monoisotopic (exact) mass is 320 g/mol. The van der Waals surface area contributed by atoms with E-state index in [9.17, 15) is 0 Å². The summed E-state index contributed by atoms with van der Waals surface area (Å²) in [5.74, 6) is 0. The fourth-order valence-corrected chi connectivity index (χ4v) is 2.61. The van der Waals surface area contributed by atoms with Crippen LogP contribution in [0.1, 0.15) is 5.56 Å². The van der Waals surface area contributed by atoms with Crippen molar-refractivity contribution in [2.75, 3.05) is 0 Å². The lowest BCUT2D eigenvalue weighted by Gasteiger charge is -2.06. The molecule has 0 spiro atoms. The first kappa shape index (κ1) is 11.8. The van der Waals surface area contributed by atoms with Crippen LogP contribution in [-0.2, 0) is 6.54 Å².